The highest BCUT2D eigenvalue weighted by Gasteiger charge is 2.17. The van der Waals surface area contributed by atoms with E-state index in [9.17, 15) is 13.2 Å². The first-order valence-corrected chi connectivity index (χ1v) is 12.2. The van der Waals surface area contributed by atoms with Gasteiger partial charge in [0.1, 0.15) is 0 Å². The fourth-order valence-corrected chi connectivity index (χ4v) is 4.74. The van der Waals surface area contributed by atoms with Crippen LogP contribution in [0.1, 0.15) is 54.8 Å². The first-order valence-electron chi connectivity index (χ1n) is 10.3. The number of aromatic nitrogens is 2. The first-order chi connectivity index (χ1) is 14.0. The Balaban J connectivity index is 2.01. The van der Waals surface area contributed by atoms with E-state index in [2.05, 4.69) is 34.9 Å². The van der Waals surface area contributed by atoms with Crippen LogP contribution in [0.2, 0.25) is 0 Å². The molecular formula is C23H31N3O3S. The maximum absolute atomic E-state index is 12.4. The average Bonchev–Trinajstić information content (AvgIpc) is 2.99. The molecule has 6 nitrogen and oxygen atoms in total. The van der Waals surface area contributed by atoms with E-state index in [0.717, 1.165) is 45.3 Å². The molecule has 0 aliphatic heterocycles. The van der Waals surface area contributed by atoms with Crippen molar-refractivity contribution in [3.8, 4) is 0 Å². The van der Waals surface area contributed by atoms with Crippen molar-refractivity contribution in [1.29, 1.82) is 0 Å². The Labute approximate surface area is 178 Å². The van der Waals surface area contributed by atoms with Gasteiger partial charge in [-0.2, -0.15) is 0 Å². The van der Waals surface area contributed by atoms with Crippen LogP contribution in [0.25, 0.3) is 10.9 Å². The number of benzene rings is 1. The van der Waals surface area contributed by atoms with Gasteiger partial charge >= 0.3 is 0 Å². The molecule has 0 radical (unpaired) electrons. The molecule has 3 aromatic rings. The summed E-state index contributed by atoms with van der Waals surface area (Å²) in [6, 6.07) is 5.74. The Hall–Kier alpha value is -2.38. The quantitative estimate of drug-likeness (QED) is 0.599. The van der Waals surface area contributed by atoms with Gasteiger partial charge in [0, 0.05) is 48.2 Å². The number of nitrogens with zero attached hydrogens (tertiary/aromatic N) is 1. The summed E-state index contributed by atoms with van der Waals surface area (Å²) in [5, 5.41) is 4.43. The minimum atomic E-state index is -3.35. The Morgan fingerprint density at radius 2 is 1.80 bits per heavy atom. The van der Waals surface area contributed by atoms with Gasteiger partial charge in [-0.15, -0.1) is 0 Å². The van der Waals surface area contributed by atoms with Crippen LogP contribution < -0.4 is 10.9 Å². The molecule has 0 saturated heterocycles. The minimum absolute atomic E-state index is 0.0727. The highest BCUT2D eigenvalue weighted by molar-refractivity contribution is 7.90. The van der Waals surface area contributed by atoms with Gasteiger partial charge in [-0.05, 0) is 69.0 Å². The summed E-state index contributed by atoms with van der Waals surface area (Å²) < 4.78 is 26.7. The minimum Gasteiger partial charge on any atom is -0.345 e. The third-order valence-electron chi connectivity index (χ3n) is 5.52. The second kappa shape index (κ2) is 8.40. The predicted molar refractivity (Wildman–Crippen MR) is 122 cm³/mol. The van der Waals surface area contributed by atoms with Crippen molar-refractivity contribution < 1.29 is 8.42 Å². The third-order valence-corrected chi connectivity index (χ3v) is 6.62. The SMILES string of the molecule is CCc1cc(C)[nH]c(=O)c1CNCc1cc(S(C)(=O)=O)cc2c1c(C)cn2C(C)C. The summed E-state index contributed by atoms with van der Waals surface area (Å²) in [5.74, 6) is 0. The van der Waals surface area contributed by atoms with Crippen LogP contribution in [0.5, 0.6) is 0 Å². The zero-order valence-electron chi connectivity index (χ0n) is 18.6. The van der Waals surface area contributed by atoms with E-state index < -0.39 is 9.84 Å². The fourth-order valence-electron chi connectivity index (χ4n) is 4.06. The molecule has 1 aromatic carbocycles. The Morgan fingerprint density at radius 1 is 1.10 bits per heavy atom. The zero-order valence-corrected chi connectivity index (χ0v) is 19.4. The van der Waals surface area contributed by atoms with E-state index in [1.807, 2.05) is 26.8 Å². The molecule has 0 bridgehead atoms. The molecule has 2 heterocycles. The summed E-state index contributed by atoms with van der Waals surface area (Å²) in [4.78, 5) is 15.6. The number of pyridine rings is 1. The lowest BCUT2D eigenvalue weighted by atomic mass is 10.0. The Kier molecular flexibility index (Phi) is 6.24. The molecule has 30 heavy (non-hydrogen) atoms. The lowest BCUT2D eigenvalue weighted by molar-refractivity contribution is 0.600. The summed E-state index contributed by atoms with van der Waals surface area (Å²) in [6.45, 7) is 11.0. The average molecular weight is 430 g/mol. The highest BCUT2D eigenvalue weighted by atomic mass is 32.2. The normalized spacial score (nSPS) is 12.2. The van der Waals surface area contributed by atoms with Crippen LogP contribution in [0.15, 0.2) is 34.1 Å². The number of rotatable bonds is 7. The smallest absolute Gasteiger partial charge is 0.252 e. The van der Waals surface area contributed by atoms with Gasteiger partial charge in [-0.25, -0.2) is 8.42 Å². The number of H-pyrrole nitrogens is 1. The predicted octanol–water partition coefficient (Wildman–Crippen LogP) is 3.78. The lowest BCUT2D eigenvalue weighted by Crippen LogP contribution is -2.23. The maximum Gasteiger partial charge on any atom is 0.252 e. The molecule has 2 N–H and O–H groups in total. The van der Waals surface area contributed by atoms with Gasteiger partial charge in [0.25, 0.3) is 5.56 Å². The van der Waals surface area contributed by atoms with Gasteiger partial charge in [0.15, 0.2) is 9.84 Å². The molecule has 0 unspecified atom stereocenters. The van der Waals surface area contributed by atoms with Gasteiger partial charge in [-0.3, -0.25) is 4.79 Å². The van der Waals surface area contributed by atoms with Crippen molar-refractivity contribution in [2.45, 2.75) is 65.1 Å². The molecular weight excluding hydrogens is 398 g/mol. The van der Waals surface area contributed by atoms with Gasteiger partial charge in [0.05, 0.1) is 10.4 Å². The topological polar surface area (TPSA) is 84.0 Å². The van der Waals surface area contributed by atoms with Gasteiger partial charge in [-0.1, -0.05) is 6.92 Å². The van der Waals surface area contributed by atoms with Crippen molar-refractivity contribution in [2.75, 3.05) is 6.26 Å². The molecule has 0 saturated carbocycles. The number of hydrogen-bond acceptors (Lipinski definition) is 4. The Morgan fingerprint density at radius 3 is 2.40 bits per heavy atom. The van der Waals surface area contributed by atoms with E-state index in [1.54, 1.807) is 12.1 Å². The summed E-state index contributed by atoms with van der Waals surface area (Å²) in [5.41, 5.74) is 5.50. The van der Waals surface area contributed by atoms with Gasteiger partial charge < -0.3 is 14.9 Å². The largest absolute Gasteiger partial charge is 0.345 e. The summed E-state index contributed by atoms with van der Waals surface area (Å²) >= 11 is 0. The molecule has 162 valence electrons. The van der Waals surface area contributed by atoms with Crippen molar-refractivity contribution in [2.24, 2.45) is 0 Å². The van der Waals surface area contributed by atoms with E-state index >= 15 is 0 Å². The van der Waals surface area contributed by atoms with Crippen molar-refractivity contribution in [3.63, 3.8) is 0 Å². The lowest BCUT2D eigenvalue weighted by Gasteiger charge is -2.14. The van der Waals surface area contributed by atoms with Crippen LogP contribution in [0, 0.1) is 13.8 Å². The maximum atomic E-state index is 12.4. The first kappa shape index (κ1) is 22.3. The van der Waals surface area contributed by atoms with E-state index in [1.165, 1.54) is 6.26 Å². The second-order valence-electron chi connectivity index (χ2n) is 8.30. The molecule has 2 aromatic heterocycles. The summed E-state index contributed by atoms with van der Waals surface area (Å²) in [7, 11) is -3.35. The molecule has 0 atom stereocenters. The van der Waals surface area contributed by atoms with Crippen molar-refractivity contribution >= 4 is 20.7 Å². The van der Waals surface area contributed by atoms with Gasteiger partial charge in [0.2, 0.25) is 0 Å². The Bertz CT molecular complexity index is 1250. The van der Waals surface area contributed by atoms with E-state index in [0.29, 0.717) is 18.0 Å². The number of sulfone groups is 1. The number of nitrogens with one attached hydrogen (secondary N) is 2. The van der Waals surface area contributed by atoms with Crippen molar-refractivity contribution in [3.05, 3.63) is 62.7 Å². The fraction of sp³-hybridized carbons (Fsp3) is 0.435. The number of fused-ring (bicyclic) bond motifs is 1. The highest BCUT2D eigenvalue weighted by Crippen LogP contribution is 2.30. The van der Waals surface area contributed by atoms with Crippen molar-refractivity contribution in [1.82, 2.24) is 14.9 Å². The number of aryl methyl sites for hydroxylation is 3. The van der Waals surface area contributed by atoms with Crippen LogP contribution in [0.4, 0.5) is 0 Å². The zero-order chi connectivity index (χ0) is 22.2. The molecule has 0 aliphatic rings. The molecule has 3 rings (SSSR count). The molecule has 0 spiro atoms. The van der Waals surface area contributed by atoms with Crippen LogP contribution >= 0.6 is 0 Å². The molecule has 0 fully saturated rings. The molecule has 0 amide bonds. The van der Waals surface area contributed by atoms with Crippen LogP contribution in [0.3, 0.4) is 0 Å². The second-order valence-corrected chi connectivity index (χ2v) is 10.3. The van der Waals surface area contributed by atoms with Crippen LogP contribution in [-0.2, 0) is 29.3 Å². The number of hydrogen-bond donors (Lipinski definition) is 2. The summed E-state index contributed by atoms with van der Waals surface area (Å²) in [6.07, 6.45) is 4.09. The third kappa shape index (κ3) is 4.37. The van der Waals surface area contributed by atoms with E-state index in [-0.39, 0.29) is 11.6 Å². The molecule has 0 aliphatic carbocycles. The van der Waals surface area contributed by atoms with Crippen LogP contribution in [-0.4, -0.2) is 24.2 Å². The van der Waals surface area contributed by atoms with E-state index in [4.69, 9.17) is 0 Å². The monoisotopic (exact) mass is 429 g/mol. The molecule has 7 heteroatoms. The standard InChI is InChI=1S/C23H31N3O3S/c1-7-17-8-16(5)25-23(27)20(17)12-24-11-18-9-19(30(6,28)29)10-21-22(18)15(4)13-26(21)14(2)3/h8-10,13-14,24H,7,11-12H2,1-6H3,(H,25,27). The number of aromatic amines is 1.